The molecule has 0 saturated heterocycles. The van der Waals surface area contributed by atoms with Crippen molar-refractivity contribution in [3.05, 3.63) is 90.0 Å². The molecule has 8 heteroatoms. The molecule has 0 unspecified atom stereocenters. The Labute approximate surface area is 201 Å². The summed E-state index contributed by atoms with van der Waals surface area (Å²) >= 11 is 1.40. The summed E-state index contributed by atoms with van der Waals surface area (Å²) in [5.41, 5.74) is 2.19. The lowest BCUT2D eigenvalue weighted by Gasteiger charge is -2.17. The van der Waals surface area contributed by atoms with Gasteiger partial charge in [0.1, 0.15) is 0 Å². The Kier molecular flexibility index (Phi) is 7.29. The number of nitrogens with one attached hydrogen (secondary N) is 1. The number of hydrogen-bond acceptors (Lipinski definition) is 6. The maximum Gasteiger partial charge on any atom is 0.340 e. The zero-order valence-electron chi connectivity index (χ0n) is 18.6. The van der Waals surface area contributed by atoms with Crippen LogP contribution in [-0.2, 0) is 20.7 Å². The maximum absolute atomic E-state index is 12.8. The van der Waals surface area contributed by atoms with Gasteiger partial charge >= 0.3 is 5.97 Å². The van der Waals surface area contributed by atoms with Crippen LogP contribution in [0.3, 0.4) is 0 Å². The lowest BCUT2D eigenvalue weighted by molar-refractivity contribution is -0.121. The monoisotopic (exact) mass is 473 g/mol. The molecule has 0 saturated carbocycles. The van der Waals surface area contributed by atoms with Crippen LogP contribution in [-0.4, -0.2) is 35.9 Å². The fraction of sp³-hybridized carbons (Fsp3) is 0.154. The predicted octanol–water partition coefficient (Wildman–Crippen LogP) is 4.69. The van der Waals surface area contributed by atoms with Crippen LogP contribution in [0.15, 0.2) is 78.9 Å². The van der Waals surface area contributed by atoms with Gasteiger partial charge in [-0.25, -0.2) is 9.78 Å². The van der Waals surface area contributed by atoms with Gasteiger partial charge in [0.05, 0.1) is 27.9 Å². The maximum atomic E-state index is 12.8. The first-order valence-corrected chi connectivity index (χ1v) is 11.6. The van der Waals surface area contributed by atoms with Crippen molar-refractivity contribution < 1.29 is 19.1 Å². The van der Waals surface area contributed by atoms with E-state index in [1.54, 1.807) is 24.3 Å². The molecule has 4 aromatic rings. The van der Waals surface area contributed by atoms with Crippen LogP contribution >= 0.6 is 11.3 Å². The number of fused-ring (bicyclic) bond motifs is 1. The van der Waals surface area contributed by atoms with Crippen LogP contribution in [0.4, 0.5) is 10.8 Å². The zero-order chi connectivity index (χ0) is 23.9. The second-order valence-corrected chi connectivity index (χ2v) is 8.44. The molecule has 0 spiro atoms. The molecule has 7 nitrogen and oxygen atoms in total. The molecule has 0 aliphatic rings. The molecule has 1 heterocycles. The van der Waals surface area contributed by atoms with Crippen LogP contribution in [0.1, 0.15) is 22.8 Å². The number of carbonyl (C=O) groups is 3. The molecule has 0 radical (unpaired) electrons. The average Bonchev–Trinajstić information content (AvgIpc) is 3.27. The minimum absolute atomic E-state index is 0.177. The summed E-state index contributed by atoms with van der Waals surface area (Å²) in [7, 11) is 0. The number of likely N-dealkylation sites (N-methyl/N-ethyl adjacent to an activating group) is 1. The molecule has 0 atom stereocenters. The van der Waals surface area contributed by atoms with Gasteiger partial charge in [0.2, 0.25) is 5.91 Å². The number of anilines is 2. The third-order valence-electron chi connectivity index (χ3n) is 5.09. The smallest absolute Gasteiger partial charge is 0.340 e. The highest BCUT2D eigenvalue weighted by atomic mass is 32.1. The van der Waals surface area contributed by atoms with E-state index in [0.29, 0.717) is 17.4 Å². The van der Waals surface area contributed by atoms with Crippen LogP contribution in [0.25, 0.3) is 10.2 Å². The standard InChI is InChI=1S/C26H23N3O4S/c1-2-29(26-28-21-14-8-9-15-22(21)34-26)24(31)17-33-25(32)19-12-6-7-13-20(19)27-23(30)16-18-10-4-3-5-11-18/h3-15H,2,16-17H2,1H3,(H,27,30). The van der Waals surface area contributed by atoms with Gasteiger partial charge in [-0.1, -0.05) is 65.9 Å². The van der Waals surface area contributed by atoms with E-state index in [-0.39, 0.29) is 23.8 Å². The van der Waals surface area contributed by atoms with E-state index in [1.165, 1.54) is 16.2 Å². The van der Waals surface area contributed by atoms with Crippen molar-refractivity contribution in [3.8, 4) is 0 Å². The Bertz CT molecular complexity index is 1290. The molecule has 1 N–H and O–H groups in total. The van der Waals surface area contributed by atoms with Crippen LogP contribution < -0.4 is 10.2 Å². The minimum Gasteiger partial charge on any atom is -0.452 e. The van der Waals surface area contributed by atoms with E-state index < -0.39 is 12.6 Å². The second-order valence-electron chi connectivity index (χ2n) is 7.43. The summed E-state index contributed by atoms with van der Waals surface area (Å²) in [5.74, 6) is -1.32. The quantitative estimate of drug-likeness (QED) is 0.375. The van der Waals surface area contributed by atoms with E-state index >= 15 is 0 Å². The van der Waals surface area contributed by atoms with Gasteiger partial charge in [-0.05, 0) is 36.8 Å². The van der Waals surface area contributed by atoms with Crippen molar-refractivity contribution in [2.45, 2.75) is 13.3 Å². The molecular weight excluding hydrogens is 450 g/mol. The normalized spacial score (nSPS) is 10.6. The van der Waals surface area contributed by atoms with Crippen molar-refractivity contribution in [1.82, 2.24) is 4.98 Å². The molecule has 3 aromatic carbocycles. The molecule has 0 aliphatic heterocycles. The average molecular weight is 474 g/mol. The summed E-state index contributed by atoms with van der Waals surface area (Å²) in [6.07, 6.45) is 0.177. The summed E-state index contributed by atoms with van der Waals surface area (Å²) in [4.78, 5) is 44.0. The minimum atomic E-state index is -0.690. The number of benzene rings is 3. The number of nitrogens with zero attached hydrogens (tertiary/aromatic N) is 2. The highest BCUT2D eigenvalue weighted by molar-refractivity contribution is 7.22. The molecule has 4 rings (SSSR count). The SMILES string of the molecule is CCN(C(=O)COC(=O)c1ccccc1NC(=O)Cc1ccccc1)c1nc2ccccc2s1. The van der Waals surface area contributed by atoms with Gasteiger partial charge in [0.25, 0.3) is 5.91 Å². The number of hydrogen-bond donors (Lipinski definition) is 1. The van der Waals surface area contributed by atoms with Crippen molar-refractivity contribution >= 4 is 50.2 Å². The Balaban J connectivity index is 1.40. The van der Waals surface area contributed by atoms with Crippen molar-refractivity contribution in [2.24, 2.45) is 0 Å². The van der Waals surface area contributed by atoms with Crippen LogP contribution in [0, 0.1) is 0 Å². The number of thiazole rings is 1. The molecule has 34 heavy (non-hydrogen) atoms. The van der Waals surface area contributed by atoms with Gasteiger partial charge in [-0.15, -0.1) is 0 Å². The van der Waals surface area contributed by atoms with Crippen molar-refractivity contribution in [2.75, 3.05) is 23.4 Å². The van der Waals surface area contributed by atoms with E-state index in [1.807, 2.05) is 61.5 Å². The number of ether oxygens (including phenoxy) is 1. The van der Waals surface area contributed by atoms with Gasteiger partial charge in [-0.2, -0.15) is 0 Å². The number of carbonyl (C=O) groups excluding carboxylic acids is 3. The first-order valence-electron chi connectivity index (χ1n) is 10.8. The summed E-state index contributed by atoms with van der Waals surface area (Å²) < 4.78 is 6.28. The molecule has 2 amide bonds. The van der Waals surface area contributed by atoms with Crippen LogP contribution in [0.2, 0.25) is 0 Å². The highest BCUT2D eigenvalue weighted by Gasteiger charge is 2.21. The van der Waals surface area contributed by atoms with Gasteiger partial charge in [0, 0.05) is 6.54 Å². The van der Waals surface area contributed by atoms with E-state index in [9.17, 15) is 14.4 Å². The number of rotatable bonds is 8. The highest BCUT2D eigenvalue weighted by Crippen LogP contribution is 2.28. The zero-order valence-corrected chi connectivity index (χ0v) is 19.4. The first kappa shape index (κ1) is 23.1. The molecular formula is C26H23N3O4S. The summed E-state index contributed by atoms with van der Waals surface area (Å²) in [6.45, 7) is 1.79. The Morgan fingerprint density at radius 2 is 1.65 bits per heavy atom. The van der Waals surface area contributed by atoms with Gasteiger partial charge < -0.3 is 10.1 Å². The summed E-state index contributed by atoms with van der Waals surface area (Å²) in [6, 6.07) is 23.5. The van der Waals surface area contributed by atoms with Crippen molar-refractivity contribution in [1.29, 1.82) is 0 Å². The largest absolute Gasteiger partial charge is 0.452 e. The fourth-order valence-corrected chi connectivity index (χ4v) is 4.47. The third-order valence-corrected chi connectivity index (χ3v) is 6.15. The number of esters is 1. The number of amides is 2. The van der Waals surface area contributed by atoms with E-state index in [0.717, 1.165) is 15.8 Å². The Morgan fingerprint density at radius 3 is 2.41 bits per heavy atom. The van der Waals surface area contributed by atoms with Crippen molar-refractivity contribution in [3.63, 3.8) is 0 Å². The van der Waals surface area contributed by atoms with Crippen LogP contribution in [0.5, 0.6) is 0 Å². The third kappa shape index (κ3) is 5.47. The molecule has 0 fully saturated rings. The molecule has 1 aromatic heterocycles. The second kappa shape index (κ2) is 10.7. The Hall–Kier alpha value is -4.04. The number of aromatic nitrogens is 1. The number of para-hydroxylation sites is 2. The topological polar surface area (TPSA) is 88.6 Å². The van der Waals surface area contributed by atoms with E-state index in [2.05, 4.69) is 10.3 Å². The molecule has 172 valence electrons. The predicted molar refractivity (Wildman–Crippen MR) is 133 cm³/mol. The fourth-order valence-electron chi connectivity index (χ4n) is 3.42. The summed E-state index contributed by atoms with van der Waals surface area (Å²) in [5, 5.41) is 3.31. The lowest BCUT2D eigenvalue weighted by Crippen LogP contribution is -2.34. The molecule has 0 aliphatic carbocycles. The first-order chi connectivity index (χ1) is 16.5. The molecule has 0 bridgehead atoms. The van der Waals surface area contributed by atoms with Gasteiger partial charge in [0.15, 0.2) is 11.7 Å². The van der Waals surface area contributed by atoms with E-state index in [4.69, 9.17) is 4.74 Å². The van der Waals surface area contributed by atoms with Gasteiger partial charge in [-0.3, -0.25) is 14.5 Å². The Morgan fingerprint density at radius 1 is 0.941 bits per heavy atom. The lowest BCUT2D eigenvalue weighted by atomic mass is 10.1.